The first kappa shape index (κ1) is 23.7. The van der Waals surface area contributed by atoms with E-state index in [4.69, 9.17) is 21.1 Å². The van der Waals surface area contributed by atoms with Crippen LogP contribution in [-0.2, 0) is 9.53 Å². The summed E-state index contributed by atoms with van der Waals surface area (Å²) in [5.41, 5.74) is 2.72. The van der Waals surface area contributed by atoms with Crippen LogP contribution in [0.25, 0.3) is 0 Å². The van der Waals surface area contributed by atoms with Crippen LogP contribution < -0.4 is 10.1 Å². The minimum Gasteiger partial charge on any atom is -0.487 e. The summed E-state index contributed by atoms with van der Waals surface area (Å²) >= 11 is 6.18. The minimum atomic E-state index is -0.690. The Morgan fingerprint density at radius 3 is 2.47 bits per heavy atom. The molecule has 0 fully saturated rings. The molecule has 170 valence electrons. The standard InChI is InChI=1S/C25H29ClN2O4/c1-5-28-21(15-32-20-12-10-17(11-13-20)16(3)4)22(24(29)31-6-2)23(27-25(28)30)18-8-7-9-19(26)14-18/h7-14,16,23H,5-6,15H2,1-4H3,(H,27,30). The molecule has 0 saturated carbocycles. The third-order valence-corrected chi connectivity index (χ3v) is 5.59. The first-order valence-electron chi connectivity index (χ1n) is 10.8. The molecule has 1 aliphatic heterocycles. The molecule has 0 spiro atoms. The van der Waals surface area contributed by atoms with Crippen molar-refractivity contribution in [1.82, 2.24) is 10.2 Å². The Labute approximate surface area is 194 Å². The van der Waals surface area contributed by atoms with Crippen molar-refractivity contribution in [3.8, 4) is 5.75 Å². The first-order valence-corrected chi connectivity index (χ1v) is 11.2. The average molecular weight is 457 g/mol. The van der Waals surface area contributed by atoms with Gasteiger partial charge >= 0.3 is 12.0 Å². The van der Waals surface area contributed by atoms with Crippen molar-refractivity contribution < 1.29 is 19.1 Å². The lowest BCUT2D eigenvalue weighted by Crippen LogP contribution is -2.49. The molecule has 6 nitrogen and oxygen atoms in total. The maximum atomic E-state index is 13.0. The van der Waals surface area contributed by atoms with E-state index in [0.717, 1.165) is 0 Å². The van der Waals surface area contributed by atoms with E-state index in [-0.39, 0.29) is 19.2 Å². The van der Waals surface area contributed by atoms with E-state index in [1.54, 1.807) is 25.1 Å². The van der Waals surface area contributed by atoms with Gasteiger partial charge in [0.1, 0.15) is 12.4 Å². The highest BCUT2D eigenvalue weighted by Crippen LogP contribution is 2.33. The number of rotatable bonds is 8. The SMILES string of the molecule is CCOC(=O)C1=C(COc2ccc(C(C)C)cc2)N(CC)C(=O)NC1c1cccc(Cl)c1. The lowest BCUT2D eigenvalue weighted by atomic mass is 9.94. The molecule has 0 aliphatic carbocycles. The fraction of sp³-hybridized carbons (Fsp3) is 0.360. The van der Waals surface area contributed by atoms with Gasteiger partial charge in [0, 0.05) is 11.6 Å². The second kappa shape index (κ2) is 10.6. The zero-order chi connectivity index (χ0) is 23.3. The van der Waals surface area contributed by atoms with Crippen LogP contribution in [0.3, 0.4) is 0 Å². The summed E-state index contributed by atoms with van der Waals surface area (Å²) in [6, 6.07) is 13.9. The molecular weight excluding hydrogens is 428 g/mol. The quantitative estimate of drug-likeness (QED) is 0.536. The van der Waals surface area contributed by atoms with Gasteiger partial charge in [-0.3, -0.25) is 4.90 Å². The maximum absolute atomic E-state index is 13.0. The van der Waals surface area contributed by atoms with Gasteiger partial charge in [-0.25, -0.2) is 9.59 Å². The molecule has 3 rings (SSSR count). The monoisotopic (exact) mass is 456 g/mol. The molecule has 2 amide bonds. The molecule has 2 aromatic rings. The molecule has 0 bridgehead atoms. The maximum Gasteiger partial charge on any atom is 0.338 e. The van der Waals surface area contributed by atoms with Crippen LogP contribution in [0.5, 0.6) is 5.75 Å². The second-order valence-corrected chi connectivity index (χ2v) is 8.21. The highest BCUT2D eigenvalue weighted by atomic mass is 35.5. The lowest BCUT2D eigenvalue weighted by molar-refractivity contribution is -0.139. The average Bonchev–Trinajstić information content (AvgIpc) is 2.77. The van der Waals surface area contributed by atoms with Crippen molar-refractivity contribution in [2.45, 2.75) is 39.7 Å². The smallest absolute Gasteiger partial charge is 0.338 e. The number of halogens is 1. The number of esters is 1. The van der Waals surface area contributed by atoms with E-state index >= 15 is 0 Å². The number of hydrogen-bond acceptors (Lipinski definition) is 4. The van der Waals surface area contributed by atoms with Crippen LogP contribution in [0.1, 0.15) is 50.8 Å². The summed E-state index contributed by atoms with van der Waals surface area (Å²) < 4.78 is 11.4. The fourth-order valence-electron chi connectivity index (χ4n) is 3.68. The van der Waals surface area contributed by atoms with E-state index in [9.17, 15) is 9.59 Å². The molecule has 1 atom stereocenters. The van der Waals surface area contributed by atoms with Crippen LogP contribution in [0, 0.1) is 0 Å². The number of hydrogen-bond donors (Lipinski definition) is 1. The third kappa shape index (κ3) is 5.25. The Balaban J connectivity index is 2.02. The molecule has 0 saturated heterocycles. The van der Waals surface area contributed by atoms with Gasteiger partial charge in [0.25, 0.3) is 0 Å². The number of amides is 2. The van der Waals surface area contributed by atoms with E-state index < -0.39 is 12.0 Å². The topological polar surface area (TPSA) is 67.9 Å². The van der Waals surface area contributed by atoms with Gasteiger partial charge < -0.3 is 14.8 Å². The molecule has 1 N–H and O–H groups in total. The molecule has 1 heterocycles. The van der Waals surface area contributed by atoms with Crippen molar-refractivity contribution in [3.05, 3.63) is 76.0 Å². The van der Waals surface area contributed by atoms with E-state index in [1.807, 2.05) is 37.3 Å². The molecule has 1 aliphatic rings. The van der Waals surface area contributed by atoms with Gasteiger partial charge in [-0.15, -0.1) is 0 Å². The van der Waals surface area contributed by atoms with Crippen molar-refractivity contribution in [3.63, 3.8) is 0 Å². The molecule has 0 aromatic heterocycles. The predicted octanol–water partition coefficient (Wildman–Crippen LogP) is 5.45. The summed E-state index contributed by atoms with van der Waals surface area (Å²) in [7, 11) is 0. The molecule has 7 heteroatoms. The van der Waals surface area contributed by atoms with Gasteiger partial charge in [0.05, 0.1) is 23.9 Å². The number of nitrogens with one attached hydrogen (secondary N) is 1. The highest BCUT2D eigenvalue weighted by Gasteiger charge is 2.38. The second-order valence-electron chi connectivity index (χ2n) is 7.78. The summed E-state index contributed by atoms with van der Waals surface area (Å²) in [4.78, 5) is 27.4. The summed E-state index contributed by atoms with van der Waals surface area (Å²) in [6.07, 6.45) is 0. The van der Waals surface area contributed by atoms with Gasteiger partial charge in [0.15, 0.2) is 0 Å². The summed E-state index contributed by atoms with van der Waals surface area (Å²) in [5, 5.41) is 3.43. The highest BCUT2D eigenvalue weighted by molar-refractivity contribution is 6.30. The van der Waals surface area contributed by atoms with E-state index in [1.165, 1.54) is 10.5 Å². The van der Waals surface area contributed by atoms with Crippen molar-refractivity contribution in [2.24, 2.45) is 0 Å². The van der Waals surface area contributed by atoms with Gasteiger partial charge in [-0.1, -0.05) is 49.7 Å². The normalized spacial score (nSPS) is 16.2. The van der Waals surface area contributed by atoms with Crippen molar-refractivity contribution >= 4 is 23.6 Å². The zero-order valence-electron chi connectivity index (χ0n) is 18.9. The third-order valence-electron chi connectivity index (χ3n) is 5.35. The number of urea groups is 1. The largest absolute Gasteiger partial charge is 0.487 e. The first-order chi connectivity index (χ1) is 15.3. The number of benzene rings is 2. The van der Waals surface area contributed by atoms with Crippen molar-refractivity contribution in [2.75, 3.05) is 19.8 Å². The Morgan fingerprint density at radius 1 is 1.16 bits per heavy atom. The minimum absolute atomic E-state index is 0.0491. The number of carbonyl (C=O) groups excluding carboxylic acids is 2. The number of ether oxygens (including phenoxy) is 2. The van der Waals surface area contributed by atoms with E-state index in [2.05, 4.69) is 19.2 Å². The molecular formula is C25H29ClN2O4. The van der Waals surface area contributed by atoms with Crippen LogP contribution in [0.4, 0.5) is 4.79 Å². The van der Waals surface area contributed by atoms with Gasteiger partial charge in [-0.05, 0) is 55.2 Å². The summed E-state index contributed by atoms with van der Waals surface area (Å²) in [5.74, 6) is 0.578. The van der Waals surface area contributed by atoms with Crippen LogP contribution >= 0.6 is 11.6 Å². The molecule has 2 aromatic carbocycles. The lowest BCUT2D eigenvalue weighted by Gasteiger charge is -2.36. The summed E-state index contributed by atoms with van der Waals surface area (Å²) in [6.45, 7) is 8.49. The van der Waals surface area contributed by atoms with Gasteiger partial charge in [-0.2, -0.15) is 0 Å². The predicted molar refractivity (Wildman–Crippen MR) is 125 cm³/mol. The van der Waals surface area contributed by atoms with Crippen LogP contribution in [0.2, 0.25) is 5.02 Å². The Kier molecular flexibility index (Phi) is 7.80. The zero-order valence-corrected chi connectivity index (χ0v) is 19.6. The number of nitrogens with zero attached hydrogens (tertiary/aromatic N) is 1. The van der Waals surface area contributed by atoms with Crippen molar-refractivity contribution in [1.29, 1.82) is 0 Å². The Hall–Kier alpha value is -2.99. The van der Waals surface area contributed by atoms with E-state index in [0.29, 0.717) is 40.1 Å². The molecule has 0 radical (unpaired) electrons. The Morgan fingerprint density at radius 2 is 1.88 bits per heavy atom. The molecule has 32 heavy (non-hydrogen) atoms. The number of likely N-dealkylation sites (N-methyl/N-ethyl adjacent to an activating group) is 1. The number of carbonyl (C=O) groups is 2. The fourth-order valence-corrected chi connectivity index (χ4v) is 3.88. The molecule has 1 unspecified atom stereocenters. The Bertz CT molecular complexity index is 1000. The van der Waals surface area contributed by atoms with Crippen LogP contribution in [-0.4, -0.2) is 36.7 Å². The van der Waals surface area contributed by atoms with Crippen LogP contribution in [0.15, 0.2) is 59.8 Å². The van der Waals surface area contributed by atoms with Gasteiger partial charge in [0.2, 0.25) is 0 Å².